The summed E-state index contributed by atoms with van der Waals surface area (Å²) in [6, 6.07) is 9.32. The molecule has 1 rings (SSSR count). The maximum Gasteiger partial charge on any atom is 0.277 e. The molecule has 0 saturated heterocycles. The molecule has 0 aliphatic rings. The predicted octanol–water partition coefficient (Wildman–Crippen LogP) is 0.0409. The van der Waals surface area contributed by atoms with Crippen LogP contribution in [0.5, 0.6) is 0 Å². The van der Waals surface area contributed by atoms with Gasteiger partial charge in [-0.1, -0.05) is 30.3 Å². The highest BCUT2D eigenvalue weighted by Crippen LogP contribution is 2.07. The van der Waals surface area contributed by atoms with E-state index >= 15 is 0 Å². The number of hydrogen-bond donors (Lipinski definition) is 2. The second kappa shape index (κ2) is 5.95. The molecule has 0 unspecified atom stereocenters. The molecule has 5 nitrogen and oxygen atoms in total. The molecule has 0 fully saturated rings. The van der Waals surface area contributed by atoms with E-state index in [1.165, 1.54) is 4.31 Å². The van der Waals surface area contributed by atoms with Crippen molar-refractivity contribution in [1.82, 2.24) is 4.31 Å². The molecular formula is C10H17N3O2S. The second-order valence-electron chi connectivity index (χ2n) is 3.51. The lowest BCUT2D eigenvalue weighted by Gasteiger charge is -2.18. The average molecular weight is 243 g/mol. The van der Waals surface area contributed by atoms with Gasteiger partial charge in [0.1, 0.15) is 0 Å². The van der Waals surface area contributed by atoms with E-state index in [0.717, 1.165) is 5.56 Å². The summed E-state index contributed by atoms with van der Waals surface area (Å²) in [6.07, 6.45) is 0.600. The van der Waals surface area contributed by atoms with Crippen molar-refractivity contribution in [3.8, 4) is 0 Å². The van der Waals surface area contributed by atoms with Crippen molar-refractivity contribution in [3.63, 3.8) is 0 Å². The van der Waals surface area contributed by atoms with E-state index in [9.17, 15) is 8.42 Å². The van der Waals surface area contributed by atoms with Crippen LogP contribution in [0.2, 0.25) is 0 Å². The molecular weight excluding hydrogens is 226 g/mol. The molecule has 0 aliphatic heterocycles. The Morgan fingerprint density at radius 3 is 2.31 bits per heavy atom. The van der Waals surface area contributed by atoms with Crippen molar-refractivity contribution in [2.75, 3.05) is 13.1 Å². The van der Waals surface area contributed by atoms with Crippen LogP contribution in [0.4, 0.5) is 0 Å². The van der Waals surface area contributed by atoms with Crippen molar-refractivity contribution >= 4 is 10.2 Å². The van der Waals surface area contributed by atoms with Crippen molar-refractivity contribution in [1.29, 1.82) is 0 Å². The first-order chi connectivity index (χ1) is 7.54. The second-order valence-corrected chi connectivity index (χ2v) is 5.05. The Kier molecular flexibility index (Phi) is 4.88. The zero-order valence-corrected chi connectivity index (χ0v) is 9.86. The molecule has 0 radical (unpaired) electrons. The summed E-state index contributed by atoms with van der Waals surface area (Å²) in [6.45, 7) is 1.09. The van der Waals surface area contributed by atoms with Gasteiger partial charge < -0.3 is 5.73 Å². The number of hydrogen-bond acceptors (Lipinski definition) is 3. The molecule has 0 bridgehead atoms. The van der Waals surface area contributed by atoms with E-state index in [1.54, 1.807) is 0 Å². The van der Waals surface area contributed by atoms with E-state index < -0.39 is 10.2 Å². The van der Waals surface area contributed by atoms with Crippen molar-refractivity contribution < 1.29 is 8.42 Å². The maximum atomic E-state index is 11.3. The Morgan fingerprint density at radius 1 is 1.19 bits per heavy atom. The fraction of sp³-hybridized carbons (Fsp3) is 0.400. The van der Waals surface area contributed by atoms with Crippen molar-refractivity contribution in [2.45, 2.75) is 13.0 Å². The van der Waals surface area contributed by atoms with Gasteiger partial charge in [-0.2, -0.15) is 12.7 Å². The Hall–Kier alpha value is -0.950. The Bertz CT molecular complexity index is 405. The van der Waals surface area contributed by atoms with Gasteiger partial charge in [0.15, 0.2) is 0 Å². The highest BCUT2D eigenvalue weighted by atomic mass is 32.2. The lowest BCUT2D eigenvalue weighted by Crippen LogP contribution is -2.37. The number of rotatable bonds is 6. The first-order valence-electron chi connectivity index (χ1n) is 5.06. The van der Waals surface area contributed by atoms with E-state index in [4.69, 9.17) is 10.9 Å². The summed E-state index contributed by atoms with van der Waals surface area (Å²) in [5.74, 6) is 0. The van der Waals surface area contributed by atoms with Crippen LogP contribution in [0.3, 0.4) is 0 Å². The lowest BCUT2D eigenvalue weighted by molar-refractivity contribution is 0.402. The van der Waals surface area contributed by atoms with E-state index in [0.29, 0.717) is 26.1 Å². The Morgan fingerprint density at radius 2 is 1.81 bits per heavy atom. The van der Waals surface area contributed by atoms with Crippen LogP contribution < -0.4 is 10.9 Å². The summed E-state index contributed by atoms with van der Waals surface area (Å²) >= 11 is 0. The van der Waals surface area contributed by atoms with Gasteiger partial charge in [-0.3, -0.25) is 0 Å². The maximum absolute atomic E-state index is 11.3. The first-order valence-corrected chi connectivity index (χ1v) is 6.56. The smallest absolute Gasteiger partial charge is 0.277 e. The standard InChI is InChI=1S/C10H17N3O2S/c11-7-4-8-13(16(12,14)15)9-10-5-2-1-3-6-10/h1-3,5-6H,4,7-9,11H2,(H2,12,14,15). The molecule has 0 amide bonds. The van der Waals surface area contributed by atoms with Gasteiger partial charge in [-0.25, -0.2) is 5.14 Å². The summed E-state index contributed by atoms with van der Waals surface area (Å²) in [4.78, 5) is 0. The van der Waals surface area contributed by atoms with Gasteiger partial charge in [-0.05, 0) is 18.5 Å². The van der Waals surface area contributed by atoms with E-state index in [2.05, 4.69) is 0 Å². The minimum Gasteiger partial charge on any atom is -0.330 e. The van der Waals surface area contributed by atoms with Gasteiger partial charge in [0.2, 0.25) is 0 Å². The van der Waals surface area contributed by atoms with Gasteiger partial charge in [0, 0.05) is 13.1 Å². The SMILES string of the molecule is NCCCN(Cc1ccccc1)S(N)(=O)=O. The molecule has 90 valence electrons. The molecule has 1 aromatic rings. The fourth-order valence-electron chi connectivity index (χ4n) is 1.35. The van der Waals surface area contributed by atoms with E-state index in [-0.39, 0.29) is 0 Å². The van der Waals surface area contributed by atoms with Gasteiger partial charge >= 0.3 is 0 Å². The summed E-state index contributed by atoms with van der Waals surface area (Å²) < 4.78 is 23.8. The lowest BCUT2D eigenvalue weighted by atomic mass is 10.2. The minimum atomic E-state index is -3.66. The van der Waals surface area contributed by atoms with Crippen LogP contribution in [0.25, 0.3) is 0 Å². The fourth-order valence-corrected chi connectivity index (χ4v) is 2.06. The number of nitrogens with two attached hydrogens (primary N) is 2. The Labute approximate surface area is 96.2 Å². The zero-order chi connectivity index (χ0) is 12.0. The molecule has 0 aliphatic carbocycles. The molecule has 0 saturated carbocycles. The van der Waals surface area contributed by atoms with Crippen LogP contribution in [0, 0.1) is 0 Å². The third-order valence-corrected chi connectivity index (χ3v) is 3.20. The third kappa shape index (κ3) is 4.28. The summed E-state index contributed by atoms with van der Waals surface area (Å²) in [7, 11) is -3.66. The third-order valence-electron chi connectivity index (χ3n) is 2.17. The van der Waals surface area contributed by atoms with Crippen LogP contribution in [-0.4, -0.2) is 25.8 Å². The molecule has 0 atom stereocenters. The number of nitrogens with zero attached hydrogens (tertiary/aromatic N) is 1. The number of benzene rings is 1. The van der Waals surface area contributed by atoms with Gasteiger partial charge in [0.05, 0.1) is 0 Å². The minimum absolute atomic E-state index is 0.291. The quantitative estimate of drug-likeness (QED) is 0.739. The molecule has 0 aromatic heterocycles. The van der Waals surface area contributed by atoms with Crippen LogP contribution in [-0.2, 0) is 16.8 Å². The van der Waals surface area contributed by atoms with Crippen LogP contribution in [0.1, 0.15) is 12.0 Å². The van der Waals surface area contributed by atoms with E-state index in [1.807, 2.05) is 30.3 Å². The van der Waals surface area contributed by atoms with Crippen molar-refractivity contribution in [2.24, 2.45) is 10.9 Å². The highest BCUT2D eigenvalue weighted by Gasteiger charge is 2.16. The molecule has 4 N–H and O–H groups in total. The molecule has 0 heterocycles. The van der Waals surface area contributed by atoms with Gasteiger partial charge in [-0.15, -0.1) is 0 Å². The molecule has 1 aromatic carbocycles. The van der Waals surface area contributed by atoms with Crippen LogP contribution in [0.15, 0.2) is 30.3 Å². The molecule has 6 heteroatoms. The molecule has 0 spiro atoms. The predicted molar refractivity (Wildman–Crippen MR) is 63.6 cm³/mol. The normalized spacial score (nSPS) is 11.9. The topological polar surface area (TPSA) is 89.4 Å². The zero-order valence-electron chi connectivity index (χ0n) is 9.04. The summed E-state index contributed by atoms with van der Waals surface area (Å²) in [5, 5.41) is 5.13. The monoisotopic (exact) mass is 243 g/mol. The Balaban J connectivity index is 2.72. The molecule has 16 heavy (non-hydrogen) atoms. The highest BCUT2D eigenvalue weighted by molar-refractivity contribution is 7.86. The van der Waals surface area contributed by atoms with Crippen LogP contribution >= 0.6 is 0 Å². The summed E-state index contributed by atoms with van der Waals surface area (Å²) in [5.41, 5.74) is 6.26. The largest absolute Gasteiger partial charge is 0.330 e. The van der Waals surface area contributed by atoms with Crippen molar-refractivity contribution in [3.05, 3.63) is 35.9 Å². The average Bonchev–Trinajstić information content (AvgIpc) is 2.24. The first kappa shape index (κ1) is 13.1. The van der Waals surface area contributed by atoms with Gasteiger partial charge in [0.25, 0.3) is 10.2 Å².